The van der Waals surface area contributed by atoms with Crippen LogP contribution in [-0.4, -0.2) is 40.9 Å². The first-order valence-electron chi connectivity index (χ1n) is 9.89. The maximum atomic E-state index is 12.7. The van der Waals surface area contributed by atoms with E-state index >= 15 is 0 Å². The summed E-state index contributed by atoms with van der Waals surface area (Å²) in [6.45, 7) is 8.71. The van der Waals surface area contributed by atoms with Gasteiger partial charge in [-0.25, -0.2) is 0 Å². The van der Waals surface area contributed by atoms with E-state index in [1.165, 1.54) is 21.4 Å². The van der Waals surface area contributed by atoms with Crippen LogP contribution in [0.3, 0.4) is 0 Å². The zero-order valence-corrected chi connectivity index (χ0v) is 17.6. The lowest BCUT2D eigenvalue weighted by molar-refractivity contribution is 0.249. The van der Waals surface area contributed by atoms with Crippen LogP contribution in [0.1, 0.15) is 16.7 Å². The maximum Gasteiger partial charge on any atom is 0.292 e. The Balaban J connectivity index is 1.46. The summed E-state index contributed by atoms with van der Waals surface area (Å²) in [6.07, 6.45) is 1.70. The number of anilines is 1. The van der Waals surface area contributed by atoms with Crippen molar-refractivity contribution in [3.63, 3.8) is 0 Å². The van der Waals surface area contributed by atoms with Crippen molar-refractivity contribution in [3.05, 3.63) is 86.8 Å². The van der Waals surface area contributed by atoms with Gasteiger partial charge in [0.1, 0.15) is 5.02 Å². The summed E-state index contributed by atoms with van der Waals surface area (Å²) in [4.78, 5) is 17.3. The van der Waals surface area contributed by atoms with E-state index in [9.17, 15) is 4.79 Å². The van der Waals surface area contributed by atoms with Crippen molar-refractivity contribution in [2.24, 2.45) is 0 Å². The molecule has 5 nitrogen and oxygen atoms in total. The van der Waals surface area contributed by atoms with Gasteiger partial charge in [0.05, 0.1) is 17.6 Å². The van der Waals surface area contributed by atoms with E-state index < -0.39 is 0 Å². The molecule has 1 saturated heterocycles. The van der Waals surface area contributed by atoms with E-state index in [0.717, 1.165) is 38.4 Å². The first kappa shape index (κ1) is 19.7. The largest absolute Gasteiger partial charge is 0.366 e. The maximum absolute atomic E-state index is 12.7. The van der Waals surface area contributed by atoms with Crippen LogP contribution in [-0.2, 0) is 6.54 Å². The van der Waals surface area contributed by atoms with E-state index in [-0.39, 0.29) is 10.6 Å². The van der Waals surface area contributed by atoms with Gasteiger partial charge in [-0.1, -0.05) is 59.1 Å². The molecule has 0 amide bonds. The average Bonchev–Trinajstić information content (AvgIpc) is 2.71. The molecule has 1 aliphatic heterocycles. The minimum absolute atomic E-state index is 0.228. The summed E-state index contributed by atoms with van der Waals surface area (Å²) in [7, 11) is 0. The van der Waals surface area contributed by atoms with Crippen LogP contribution in [0.15, 0.2) is 59.5 Å². The highest BCUT2D eigenvalue weighted by Crippen LogP contribution is 2.23. The third kappa shape index (κ3) is 4.36. The molecule has 0 N–H and O–H groups in total. The van der Waals surface area contributed by atoms with E-state index in [1.54, 1.807) is 6.20 Å². The van der Waals surface area contributed by atoms with Crippen LogP contribution in [0.5, 0.6) is 0 Å². The fourth-order valence-electron chi connectivity index (χ4n) is 3.96. The van der Waals surface area contributed by atoms with Crippen molar-refractivity contribution in [3.8, 4) is 5.69 Å². The minimum Gasteiger partial charge on any atom is -0.366 e. The Bertz CT molecular complexity index is 1040. The molecule has 29 heavy (non-hydrogen) atoms. The SMILES string of the molecule is Cc1cc(C)cc(CN2CCN(c3cnn(-c4ccccc4)c(=O)c3Cl)CC2)c1. The first-order valence-corrected chi connectivity index (χ1v) is 10.3. The van der Waals surface area contributed by atoms with E-state index in [0.29, 0.717) is 5.69 Å². The highest BCUT2D eigenvalue weighted by atomic mass is 35.5. The summed E-state index contributed by atoms with van der Waals surface area (Å²) in [5, 5.41) is 4.58. The fourth-order valence-corrected chi connectivity index (χ4v) is 4.21. The number of aryl methyl sites for hydroxylation is 2. The number of nitrogens with zero attached hydrogens (tertiary/aromatic N) is 4. The molecule has 150 valence electrons. The molecule has 2 aromatic carbocycles. The van der Waals surface area contributed by atoms with Crippen molar-refractivity contribution < 1.29 is 0 Å². The standard InChI is InChI=1S/C23H25ClN4O/c1-17-12-18(2)14-19(13-17)16-26-8-10-27(11-9-26)21-15-25-28(23(29)22(21)24)20-6-4-3-5-7-20/h3-7,12-15H,8-11,16H2,1-2H3. The van der Waals surface area contributed by atoms with Crippen LogP contribution in [0, 0.1) is 13.8 Å². The molecular weight excluding hydrogens is 384 g/mol. The Morgan fingerprint density at radius 2 is 1.62 bits per heavy atom. The molecule has 0 unspecified atom stereocenters. The molecule has 4 rings (SSSR count). The van der Waals surface area contributed by atoms with Gasteiger partial charge in [0.2, 0.25) is 0 Å². The smallest absolute Gasteiger partial charge is 0.292 e. The minimum atomic E-state index is -0.284. The second-order valence-corrected chi connectivity index (χ2v) is 8.03. The number of para-hydroxylation sites is 1. The molecule has 0 atom stereocenters. The molecule has 0 bridgehead atoms. The van der Waals surface area contributed by atoms with Crippen molar-refractivity contribution >= 4 is 17.3 Å². The molecule has 1 aromatic heterocycles. The quantitative estimate of drug-likeness (QED) is 0.658. The number of rotatable bonds is 4. The lowest BCUT2D eigenvalue weighted by atomic mass is 10.1. The van der Waals surface area contributed by atoms with Crippen LogP contribution >= 0.6 is 11.6 Å². The lowest BCUT2D eigenvalue weighted by Crippen LogP contribution is -2.46. The molecule has 0 saturated carbocycles. The zero-order valence-electron chi connectivity index (χ0n) is 16.8. The molecular formula is C23H25ClN4O. The summed E-state index contributed by atoms with van der Waals surface area (Å²) in [5.74, 6) is 0. The monoisotopic (exact) mass is 408 g/mol. The molecule has 1 aliphatic rings. The van der Waals surface area contributed by atoms with Crippen LogP contribution in [0.25, 0.3) is 5.69 Å². The van der Waals surface area contributed by atoms with Gasteiger partial charge in [-0.15, -0.1) is 0 Å². The zero-order chi connectivity index (χ0) is 20.4. The lowest BCUT2D eigenvalue weighted by Gasteiger charge is -2.36. The van der Waals surface area contributed by atoms with E-state index in [1.807, 2.05) is 30.3 Å². The summed E-state index contributed by atoms with van der Waals surface area (Å²) in [5.41, 5.74) is 5.10. The first-order chi connectivity index (χ1) is 14.0. The number of hydrogen-bond acceptors (Lipinski definition) is 4. The topological polar surface area (TPSA) is 41.4 Å². The predicted octanol–water partition coefficient (Wildman–Crippen LogP) is 3.82. The molecule has 0 spiro atoms. The van der Waals surface area contributed by atoms with Crippen LogP contribution < -0.4 is 10.5 Å². The van der Waals surface area contributed by atoms with Crippen molar-refractivity contribution in [2.75, 3.05) is 31.1 Å². The van der Waals surface area contributed by atoms with Gasteiger partial charge in [-0.3, -0.25) is 9.69 Å². The van der Waals surface area contributed by atoms with Gasteiger partial charge in [-0.2, -0.15) is 9.78 Å². The highest BCUT2D eigenvalue weighted by Gasteiger charge is 2.21. The third-order valence-corrected chi connectivity index (χ3v) is 5.66. The molecule has 3 aromatic rings. The summed E-state index contributed by atoms with van der Waals surface area (Å²) >= 11 is 6.45. The Labute approximate surface area is 176 Å². The normalized spacial score (nSPS) is 14.9. The van der Waals surface area contributed by atoms with Gasteiger partial charge in [0.15, 0.2) is 0 Å². The molecule has 6 heteroatoms. The number of benzene rings is 2. The van der Waals surface area contributed by atoms with Gasteiger partial charge >= 0.3 is 0 Å². The Morgan fingerprint density at radius 3 is 2.28 bits per heavy atom. The molecule has 0 aliphatic carbocycles. The Morgan fingerprint density at radius 1 is 0.966 bits per heavy atom. The Kier molecular flexibility index (Phi) is 5.69. The number of hydrogen-bond donors (Lipinski definition) is 0. The number of halogens is 1. The molecule has 1 fully saturated rings. The predicted molar refractivity (Wildman–Crippen MR) is 118 cm³/mol. The molecule has 2 heterocycles. The van der Waals surface area contributed by atoms with Crippen molar-refractivity contribution in [1.82, 2.24) is 14.7 Å². The van der Waals surface area contributed by atoms with Crippen molar-refractivity contribution in [1.29, 1.82) is 0 Å². The summed E-state index contributed by atoms with van der Waals surface area (Å²) < 4.78 is 1.35. The van der Waals surface area contributed by atoms with E-state index in [2.05, 4.69) is 46.9 Å². The van der Waals surface area contributed by atoms with Crippen LogP contribution in [0.4, 0.5) is 5.69 Å². The van der Waals surface area contributed by atoms with Crippen molar-refractivity contribution in [2.45, 2.75) is 20.4 Å². The third-order valence-electron chi connectivity index (χ3n) is 5.30. The second-order valence-electron chi connectivity index (χ2n) is 7.66. The van der Waals surface area contributed by atoms with Gasteiger partial charge < -0.3 is 4.90 Å². The van der Waals surface area contributed by atoms with E-state index in [4.69, 9.17) is 11.6 Å². The second kappa shape index (κ2) is 8.39. The van der Waals surface area contributed by atoms with Crippen LogP contribution in [0.2, 0.25) is 5.02 Å². The number of aromatic nitrogens is 2. The highest BCUT2D eigenvalue weighted by molar-refractivity contribution is 6.33. The van der Waals surface area contributed by atoms with Gasteiger partial charge in [0, 0.05) is 32.7 Å². The summed E-state index contributed by atoms with van der Waals surface area (Å²) in [6, 6.07) is 16.1. The average molecular weight is 409 g/mol. The number of piperazine rings is 1. The van der Waals surface area contributed by atoms with Gasteiger partial charge in [-0.05, 0) is 31.5 Å². The fraction of sp³-hybridized carbons (Fsp3) is 0.304. The molecule has 0 radical (unpaired) electrons. The van der Waals surface area contributed by atoms with Gasteiger partial charge in [0.25, 0.3) is 5.56 Å². The Hall–Kier alpha value is -2.63.